The molecule has 3 rings (SSSR count). The van der Waals surface area contributed by atoms with Gasteiger partial charge in [-0.15, -0.1) is 0 Å². The Bertz CT molecular complexity index is 692. The van der Waals surface area contributed by atoms with Crippen LogP contribution in [0.5, 0.6) is 0 Å². The highest BCUT2D eigenvalue weighted by Gasteiger charge is 2.51. The Balaban J connectivity index is 1.64. The summed E-state index contributed by atoms with van der Waals surface area (Å²) in [5.41, 5.74) is 0. The molecule has 204 valence electrons. The highest BCUT2D eigenvalue weighted by Crippen LogP contribution is 2.28. The first-order valence-corrected chi connectivity index (χ1v) is 10.9. The maximum Gasteiger partial charge on any atom is 0.195 e. The van der Waals surface area contributed by atoms with Crippen LogP contribution >= 0.6 is 0 Å². The summed E-state index contributed by atoms with van der Waals surface area (Å²) < 4.78 is 26.5. The maximum absolute atomic E-state index is 12.8. The zero-order valence-electron chi connectivity index (χ0n) is 18.3. The van der Waals surface area contributed by atoms with E-state index in [0.29, 0.717) is 0 Å². The fourth-order valence-corrected chi connectivity index (χ4v) is 4.05. The van der Waals surface area contributed by atoms with E-state index in [0.717, 1.165) is 0 Å². The van der Waals surface area contributed by atoms with Gasteiger partial charge in [-0.25, -0.2) is 0 Å². The van der Waals surface area contributed by atoms with Gasteiger partial charge in [0.15, 0.2) is 24.5 Å². The number of Topliss-reactive ketones (excluding diaryl/α,β-unsaturated/α-hetero) is 1. The monoisotopic (exact) mass is 516 g/mol. The summed E-state index contributed by atoms with van der Waals surface area (Å²) in [5.74, 6) is -1.02. The molecule has 0 aromatic rings. The number of hydrogen-bond donors (Lipinski definition) is 10. The predicted molar refractivity (Wildman–Crippen MR) is 105 cm³/mol. The van der Waals surface area contributed by atoms with Crippen LogP contribution in [0.3, 0.4) is 0 Å². The van der Waals surface area contributed by atoms with Crippen molar-refractivity contribution in [2.75, 3.05) is 26.4 Å². The Morgan fingerprint density at radius 3 is 1.60 bits per heavy atom. The first-order chi connectivity index (χ1) is 16.5. The van der Waals surface area contributed by atoms with Crippen molar-refractivity contribution in [3.63, 3.8) is 0 Å². The molecule has 0 spiro atoms. The van der Waals surface area contributed by atoms with Gasteiger partial charge in [0.05, 0.1) is 26.4 Å². The minimum atomic E-state index is -1.91. The van der Waals surface area contributed by atoms with Crippen LogP contribution in [0.4, 0.5) is 0 Å². The summed E-state index contributed by atoms with van der Waals surface area (Å²) in [7, 11) is 0. The average Bonchev–Trinajstić information content (AvgIpc) is 2.85. The average molecular weight is 516 g/mol. The molecule has 16 nitrogen and oxygen atoms in total. The number of rotatable bonds is 8. The third kappa shape index (κ3) is 5.82. The van der Waals surface area contributed by atoms with E-state index in [1.54, 1.807) is 0 Å². The Morgan fingerprint density at radius 2 is 1.09 bits per heavy atom. The summed E-state index contributed by atoms with van der Waals surface area (Å²) in [4.78, 5) is 12.8. The Kier molecular flexibility index (Phi) is 9.88. The van der Waals surface area contributed by atoms with Crippen molar-refractivity contribution in [1.29, 1.82) is 0 Å². The molecule has 0 aromatic carbocycles. The van der Waals surface area contributed by atoms with Crippen LogP contribution in [-0.2, 0) is 28.5 Å². The van der Waals surface area contributed by atoms with Gasteiger partial charge in [-0.3, -0.25) is 4.79 Å². The van der Waals surface area contributed by atoms with Crippen molar-refractivity contribution in [3.05, 3.63) is 0 Å². The number of hydrogen-bond acceptors (Lipinski definition) is 16. The van der Waals surface area contributed by atoms with Gasteiger partial charge in [-0.05, 0) is 0 Å². The van der Waals surface area contributed by atoms with E-state index in [1.807, 2.05) is 0 Å². The standard InChI is InChI=1S/C19H32O16/c20-1-5-9(23)12(26)15(29)18(33-5)31-4-8-11(25)14(28)17(7(3-22)32-8)35-19-16(30)13(27)10(24)6(2-21)34-19/h5-13,15-27,29-30H,1-4H2/t5-,6-,7?,8?,9-,10-,11?,12+,13+,15-,16-,17?,18-,19+/m1/s1. The van der Waals surface area contributed by atoms with E-state index in [2.05, 4.69) is 0 Å². The van der Waals surface area contributed by atoms with Gasteiger partial charge in [-0.2, -0.15) is 0 Å². The molecule has 10 N–H and O–H groups in total. The highest BCUT2D eigenvalue weighted by molar-refractivity contribution is 5.89. The minimum Gasteiger partial charge on any atom is -0.394 e. The van der Waals surface area contributed by atoms with Gasteiger partial charge in [0.1, 0.15) is 67.1 Å². The molecule has 0 aliphatic carbocycles. The fraction of sp³-hybridized carbons (Fsp3) is 0.947. The van der Waals surface area contributed by atoms with Crippen LogP contribution in [0.25, 0.3) is 0 Å². The van der Waals surface area contributed by atoms with E-state index < -0.39 is 118 Å². The Morgan fingerprint density at radius 1 is 0.600 bits per heavy atom. The van der Waals surface area contributed by atoms with Crippen LogP contribution < -0.4 is 0 Å². The Hall–Kier alpha value is -0.930. The number of carbonyl (C=O) groups is 1. The molecule has 3 fully saturated rings. The molecule has 14 atom stereocenters. The lowest BCUT2D eigenvalue weighted by atomic mass is 9.95. The molecule has 3 heterocycles. The third-order valence-electron chi connectivity index (χ3n) is 6.19. The summed E-state index contributed by atoms with van der Waals surface area (Å²) >= 11 is 0. The van der Waals surface area contributed by atoms with Crippen LogP contribution in [0.15, 0.2) is 0 Å². The molecule has 3 aliphatic rings. The normalized spacial score (nSPS) is 49.3. The molecule has 0 radical (unpaired) electrons. The molecule has 3 saturated heterocycles. The second-order valence-corrected chi connectivity index (χ2v) is 8.53. The molecule has 0 saturated carbocycles. The van der Waals surface area contributed by atoms with Crippen molar-refractivity contribution in [3.8, 4) is 0 Å². The molecule has 3 aliphatic heterocycles. The summed E-state index contributed by atoms with van der Waals surface area (Å²) in [6.45, 7) is -2.85. The number of ether oxygens (including phenoxy) is 5. The van der Waals surface area contributed by atoms with Gasteiger partial charge in [0, 0.05) is 0 Å². The van der Waals surface area contributed by atoms with Crippen molar-refractivity contribution >= 4 is 5.78 Å². The van der Waals surface area contributed by atoms with Gasteiger partial charge >= 0.3 is 0 Å². The van der Waals surface area contributed by atoms with Gasteiger partial charge in [0.25, 0.3) is 0 Å². The van der Waals surface area contributed by atoms with E-state index in [9.17, 15) is 55.9 Å². The molecule has 16 heteroatoms. The molecule has 0 aromatic heterocycles. The first kappa shape index (κ1) is 28.6. The van der Waals surface area contributed by atoms with E-state index in [1.165, 1.54) is 0 Å². The zero-order valence-corrected chi connectivity index (χ0v) is 18.3. The van der Waals surface area contributed by atoms with Crippen molar-refractivity contribution in [2.24, 2.45) is 0 Å². The largest absolute Gasteiger partial charge is 0.394 e. The number of carbonyl (C=O) groups excluding carboxylic acids is 1. The summed E-state index contributed by atoms with van der Waals surface area (Å²) in [6, 6.07) is 0. The lowest BCUT2D eigenvalue weighted by Crippen LogP contribution is -2.64. The molecule has 35 heavy (non-hydrogen) atoms. The lowest BCUT2D eigenvalue weighted by molar-refractivity contribution is -0.326. The van der Waals surface area contributed by atoms with Crippen LogP contribution in [0, 0.1) is 0 Å². The quantitative estimate of drug-likeness (QED) is 0.143. The molecule has 0 bridgehead atoms. The molecular formula is C19H32O16. The predicted octanol–water partition coefficient (Wildman–Crippen LogP) is -7.32. The Labute approximate surface area is 198 Å². The molecule has 0 amide bonds. The summed E-state index contributed by atoms with van der Waals surface area (Å²) in [6.07, 6.45) is -22.7. The fourth-order valence-electron chi connectivity index (χ4n) is 4.05. The topological polar surface area (TPSA) is 266 Å². The number of aliphatic hydroxyl groups is 10. The van der Waals surface area contributed by atoms with E-state index in [-0.39, 0.29) is 0 Å². The number of aliphatic hydroxyl groups excluding tert-OH is 10. The molecule has 4 unspecified atom stereocenters. The highest BCUT2D eigenvalue weighted by atomic mass is 16.7. The summed E-state index contributed by atoms with van der Waals surface area (Å²) in [5, 5.41) is 98.1. The van der Waals surface area contributed by atoms with Crippen LogP contribution in [-0.4, -0.2) is 169 Å². The number of ketones is 1. The van der Waals surface area contributed by atoms with Crippen LogP contribution in [0.2, 0.25) is 0 Å². The van der Waals surface area contributed by atoms with Gasteiger partial charge < -0.3 is 74.7 Å². The van der Waals surface area contributed by atoms with Gasteiger partial charge in [-0.1, -0.05) is 0 Å². The third-order valence-corrected chi connectivity index (χ3v) is 6.19. The zero-order chi connectivity index (χ0) is 26.0. The van der Waals surface area contributed by atoms with Crippen LogP contribution in [0.1, 0.15) is 0 Å². The van der Waals surface area contributed by atoms with Gasteiger partial charge in [0.2, 0.25) is 0 Å². The second-order valence-electron chi connectivity index (χ2n) is 8.53. The SMILES string of the molecule is O=C1C(O)C(CO[C@@H]2O[C@H](CO)[C@@H](O)[C@H](O)[C@H]2O)OC(CO)C1O[C@@H]1O[C@H](CO)[C@@H](O)[C@H](O)[C@H]1O. The second kappa shape index (κ2) is 12.1. The lowest BCUT2D eigenvalue weighted by Gasteiger charge is -2.44. The van der Waals surface area contributed by atoms with E-state index >= 15 is 0 Å². The maximum atomic E-state index is 12.8. The molecular weight excluding hydrogens is 484 g/mol. The van der Waals surface area contributed by atoms with E-state index in [4.69, 9.17) is 23.7 Å². The van der Waals surface area contributed by atoms with Crippen molar-refractivity contribution in [1.82, 2.24) is 0 Å². The van der Waals surface area contributed by atoms with Crippen molar-refractivity contribution in [2.45, 2.75) is 85.8 Å². The minimum absolute atomic E-state index is 0.598. The van der Waals surface area contributed by atoms with Crippen molar-refractivity contribution < 1.29 is 79.5 Å². The smallest absolute Gasteiger partial charge is 0.195 e. The first-order valence-electron chi connectivity index (χ1n) is 10.9.